The van der Waals surface area contributed by atoms with Crippen LogP contribution in [0.4, 0.5) is 5.69 Å². The van der Waals surface area contributed by atoms with E-state index in [2.05, 4.69) is 41.3 Å². The van der Waals surface area contributed by atoms with Crippen LogP contribution in [0.2, 0.25) is 0 Å². The molecule has 0 radical (unpaired) electrons. The summed E-state index contributed by atoms with van der Waals surface area (Å²) >= 11 is 0. The highest BCUT2D eigenvalue weighted by Crippen LogP contribution is 2.24. The Morgan fingerprint density at radius 2 is 1.88 bits per heavy atom. The Labute approximate surface area is 150 Å². The fourth-order valence-electron chi connectivity index (χ4n) is 2.43. The van der Waals surface area contributed by atoms with Crippen molar-refractivity contribution in [1.29, 1.82) is 0 Å². The van der Waals surface area contributed by atoms with E-state index in [9.17, 15) is 9.59 Å². The molecule has 0 spiro atoms. The molecule has 1 aromatic carbocycles. The first-order valence-electron chi connectivity index (χ1n) is 8.31. The molecule has 3 rings (SSSR count). The number of amides is 1. The first-order chi connectivity index (χ1) is 12.2. The number of benzene rings is 1. The van der Waals surface area contributed by atoms with E-state index < -0.39 is 5.97 Å². The molecule has 0 atom stereocenters. The van der Waals surface area contributed by atoms with Crippen LogP contribution in [0, 0.1) is 0 Å². The van der Waals surface area contributed by atoms with E-state index in [-0.39, 0.29) is 24.2 Å². The monoisotopic (exact) mass is 355 g/mol. The molecule has 26 heavy (non-hydrogen) atoms. The van der Waals surface area contributed by atoms with Crippen LogP contribution < -0.4 is 5.32 Å². The molecule has 1 amide bonds. The lowest BCUT2D eigenvalue weighted by Crippen LogP contribution is -2.13. The maximum atomic E-state index is 11.7. The van der Waals surface area contributed by atoms with Crippen LogP contribution >= 0.6 is 0 Å². The number of H-pyrrole nitrogens is 1. The van der Waals surface area contributed by atoms with Gasteiger partial charge in [-0.25, -0.2) is 4.98 Å². The fourth-order valence-corrected chi connectivity index (χ4v) is 2.43. The van der Waals surface area contributed by atoms with Gasteiger partial charge in [-0.3, -0.25) is 14.7 Å². The third-order valence-corrected chi connectivity index (χ3v) is 3.93. The summed E-state index contributed by atoms with van der Waals surface area (Å²) in [5.41, 5.74) is 3.21. The van der Waals surface area contributed by atoms with Gasteiger partial charge in [-0.05, 0) is 24.3 Å². The number of carboxylic acids is 1. The summed E-state index contributed by atoms with van der Waals surface area (Å²) in [5.74, 6) is -0.740. The Hall–Kier alpha value is -3.16. The predicted octanol–water partition coefficient (Wildman–Crippen LogP) is 2.83. The summed E-state index contributed by atoms with van der Waals surface area (Å²) in [6.45, 7) is 6.34. The molecule has 2 heterocycles. The van der Waals surface area contributed by atoms with Crippen molar-refractivity contribution >= 4 is 23.2 Å². The molecular formula is C18H21N5O3. The normalized spacial score (nSPS) is 11.7. The molecule has 8 nitrogen and oxygen atoms in total. The van der Waals surface area contributed by atoms with Gasteiger partial charge < -0.3 is 10.4 Å². The van der Waals surface area contributed by atoms with Gasteiger partial charge in [0.25, 0.3) is 0 Å². The zero-order chi connectivity index (χ0) is 18.9. The highest BCUT2D eigenvalue weighted by atomic mass is 16.4. The van der Waals surface area contributed by atoms with Crippen molar-refractivity contribution in [2.75, 3.05) is 5.32 Å². The van der Waals surface area contributed by atoms with Crippen molar-refractivity contribution in [2.24, 2.45) is 0 Å². The predicted molar refractivity (Wildman–Crippen MR) is 97.0 cm³/mol. The molecule has 0 fully saturated rings. The van der Waals surface area contributed by atoms with Crippen LogP contribution in [0.5, 0.6) is 0 Å². The molecule has 0 unspecified atom stereocenters. The highest BCUT2D eigenvalue weighted by molar-refractivity contribution is 5.92. The quantitative estimate of drug-likeness (QED) is 0.651. The SMILES string of the molecule is CC(C)(C)c1cc2nc(-c3ccc(NC(=O)CCC(=O)O)cc3)nn2[nH]1. The number of hydrogen-bond donors (Lipinski definition) is 3. The molecule has 0 saturated heterocycles. The molecule has 0 bridgehead atoms. The van der Waals surface area contributed by atoms with Gasteiger partial charge in [0.1, 0.15) is 0 Å². The summed E-state index contributed by atoms with van der Waals surface area (Å²) in [4.78, 5) is 26.7. The van der Waals surface area contributed by atoms with E-state index in [1.54, 1.807) is 16.8 Å². The summed E-state index contributed by atoms with van der Waals surface area (Å²) < 4.78 is 1.65. The van der Waals surface area contributed by atoms with Crippen LogP contribution in [0.3, 0.4) is 0 Å². The van der Waals surface area contributed by atoms with E-state index in [1.165, 1.54) is 0 Å². The number of nitrogens with zero attached hydrogens (tertiary/aromatic N) is 3. The summed E-state index contributed by atoms with van der Waals surface area (Å²) in [7, 11) is 0. The van der Waals surface area contributed by atoms with E-state index >= 15 is 0 Å². The van der Waals surface area contributed by atoms with Crippen molar-refractivity contribution in [3.63, 3.8) is 0 Å². The molecule has 0 aliphatic rings. The van der Waals surface area contributed by atoms with Crippen LogP contribution in [0.15, 0.2) is 30.3 Å². The van der Waals surface area contributed by atoms with Gasteiger partial charge in [-0.2, -0.15) is 4.63 Å². The lowest BCUT2D eigenvalue weighted by molar-refractivity contribution is -0.138. The highest BCUT2D eigenvalue weighted by Gasteiger charge is 2.18. The second-order valence-corrected chi connectivity index (χ2v) is 7.14. The molecule has 0 aliphatic carbocycles. The van der Waals surface area contributed by atoms with Crippen molar-refractivity contribution in [3.8, 4) is 11.4 Å². The number of aliphatic carboxylic acids is 1. The number of hydrogen-bond acceptors (Lipinski definition) is 4. The van der Waals surface area contributed by atoms with E-state index in [1.807, 2.05) is 18.2 Å². The van der Waals surface area contributed by atoms with Crippen LogP contribution in [-0.2, 0) is 15.0 Å². The molecule has 2 aromatic heterocycles. The van der Waals surface area contributed by atoms with Gasteiger partial charge in [0.05, 0.1) is 6.42 Å². The topological polar surface area (TPSA) is 112 Å². The number of fused-ring (bicyclic) bond motifs is 1. The first-order valence-corrected chi connectivity index (χ1v) is 8.31. The molecule has 3 N–H and O–H groups in total. The molecule has 3 aromatic rings. The van der Waals surface area contributed by atoms with Crippen LogP contribution in [0.25, 0.3) is 17.0 Å². The van der Waals surface area contributed by atoms with Crippen molar-refractivity contribution in [3.05, 3.63) is 36.0 Å². The van der Waals surface area contributed by atoms with Gasteiger partial charge in [-0.1, -0.05) is 20.8 Å². The molecule has 0 saturated carbocycles. The third kappa shape index (κ3) is 3.90. The number of anilines is 1. The van der Waals surface area contributed by atoms with Crippen molar-refractivity contribution < 1.29 is 14.7 Å². The molecular weight excluding hydrogens is 334 g/mol. The number of aromatic nitrogens is 4. The smallest absolute Gasteiger partial charge is 0.303 e. The van der Waals surface area contributed by atoms with Gasteiger partial charge in [0, 0.05) is 34.8 Å². The van der Waals surface area contributed by atoms with E-state index in [4.69, 9.17) is 5.11 Å². The summed E-state index contributed by atoms with van der Waals surface area (Å²) in [5, 5.41) is 18.9. The number of carboxylic acid groups (broad SMARTS) is 1. The zero-order valence-electron chi connectivity index (χ0n) is 14.9. The Morgan fingerprint density at radius 1 is 1.19 bits per heavy atom. The summed E-state index contributed by atoms with van der Waals surface area (Å²) in [6, 6.07) is 9.08. The van der Waals surface area contributed by atoms with Crippen molar-refractivity contribution in [1.82, 2.24) is 19.8 Å². The second kappa shape index (κ2) is 6.62. The average Bonchev–Trinajstić information content (AvgIpc) is 3.12. The average molecular weight is 355 g/mol. The lowest BCUT2D eigenvalue weighted by Gasteiger charge is -2.14. The maximum absolute atomic E-state index is 11.7. The number of nitrogens with one attached hydrogen (secondary N) is 2. The van der Waals surface area contributed by atoms with E-state index in [0.29, 0.717) is 11.5 Å². The fraction of sp³-hybridized carbons (Fsp3) is 0.333. The number of carbonyl (C=O) groups excluding carboxylic acids is 1. The van der Waals surface area contributed by atoms with Gasteiger partial charge in [-0.15, -0.1) is 5.10 Å². The van der Waals surface area contributed by atoms with Gasteiger partial charge in [0.2, 0.25) is 5.91 Å². The number of rotatable bonds is 5. The number of aromatic amines is 1. The first kappa shape index (κ1) is 17.7. The molecule has 136 valence electrons. The van der Waals surface area contributed by atoms with Crippen molar-refractivity contribution in [2.45, 2.75) is 39.0 Å². The van der Waals surface area contributed by atoms with Gasteiger partial charge >= 0.3 is 5.97 Å². The molecule has 8 heteroatoms. The maximum Gasteiger partial charge on any atom is 0.303 e. The lowest BCUT2D eigenvalue weighted by atomic mass is 9.93. The Morgan fingerprint density at radius 3 is 2.46 bits per heavy atom. The van der Waals surface area contributed by atoms with Crippen LogP contribution in [0.1, 0.15) is 39.3 Å². The van der Waals surface area contributed by atoms with Gasteiger partial charge in [0.15, 0.2) is 11.5 Å². The third-order valence-electron chi connectivity index (χ3n) is 3.93. The summed E-state index contributed by atoms with van der Waals surface area (Å²) in [6.07, 6.45) is -0.244. The zero-order valence-corrected chi connectivity index (χ0v) is 14.9. The number of carbonyl (C=O) groups is 2. The Kier molecular flexibility index (Phi) is 4.50. The standard InChI is InChI=1S/C18H21N5O3/c1-18(2,3)13-10-14-20-17(22-23(14)21-13)11-4-6-12(7-5-11)19-15(24)8-9-16(25)26/h4-7,10,21H,8-9H2,1-3H3,(H,19,24)(H,25,26). The van der Waals surface area contributed by atoms with Crippen LogP contribution in [-0.4, -0.2) is 36.8 Å². The largest absolute Gasteiger partial charge is 0.481 e. The van der Waals surface area contributed by atoms with E-state index in [0.717, 1.165) is 16.9 Å². The molecule has 0 aliphatic heterocycles. The minimum atomic E-state index is -0.994. The minimum absolute atomic E-state index is 0.0109. The Balaban J connectivity index is 1.72. The second-order valence-electron chi connectivity index (χ2n) is 7.14. The Bertz CT molecular complexity index is 916. The minimum Gasteiger partial charge on any atom is -0.481 e.